The van der Waals surface area contributed by atoms with Crippen molar-refractivity contribution in [2.24, 2.45) is 0 Å². The number of unbranched alkanes of at least 4 members (excludes halogenated alkanes) is 11. The molecule has 9 heteroatoms. The Morgan fingerprint density at radius 3 is 2.18 bits per heavy atom. The number of hydrogen-bond acceptors (Lipinski definition) is 7. The summed E-state index contributed by atoms with van der Waals surface area (Å²) in [6.45, 7) is 4.50. The van der Waals surface area contributed by atoms with Gasteiger partial charge in [-0.25, -0.2) is 0 Å². The molecule has 0 saturated heterocycles. The number of fused-ring (bicyclic) bond motifs is 3. The summed E-state index contributed by atoms with van der Waals surface area (Å²) in [5, 5.41) is 33.8. The predicted molar refractivity (Wildman–Crippen MR) is 172 cm³/mol. The van der Waals surface area contributed by atoms with Crippen LogP contribution in [0.4, 0.5) is 0 Å². The number of hydrogen-bond donors (Lipinski definition) is 4. The molecule has 1 aromatic carbocycles. The van der Waals surface area contributed by atoms with Crippen molar-refractivity contribution < 1.29 is 34.4 Å². The maximum absolute atomic E-state index is 13.8. The van der Waals surface area contributed by atoms with Crippen LogP contribution in [0.15, 0.2) is 23.8 Å². The first-order chi connectivity index (χ1) is 21.4. The summed E-state index contributed by atoms with van der Waals surface area (Å²) in [7, 11) is 1.51. The van der Waals surface area contributed by atoms with E-state index in [0.29, 0.717) is 41.2 Å². The van der Waals surface area contributed by atoms with Crippen molar-refractivity contribution in [1.82, 2.24) is 10.2 Å². The van der Waals surface area contributed by atoms with Crippen LogP contribution in [-0.2, 0) is 16.2 Å². The Labute approximate surface area is 264 Å². The fourth-order valence-electron chi connectivity index (χ4n) is 6.50. The molecule has 9 nitrogen and oxygen atoms in total. The van der Waals surface area contributed by atoms with Crippen LogP contribution >= 0.6 is 0 Å². The van der Waals surface area contributed by atoms with Crippen molar-refractivity contribution >= 4 is 11.8 Å². The molecule has 3 rings (SSSR count). The molecular formula is C35H56N2O7. The van der Waals surface area contributed by atoms with Crippen LogP contribution in [-0.4, -0.2) is 77.1 Å². The van der Waals surface area contributed by atoms with Gasteiger partial charge in [-0.2, -0.15) is 0 Å². The minimum absolute atomic E-state index is 0.0195. The minimum atomic E-state index is -1.08. The second-order valence-electron chi connectivity index (χ2n) is 12.2. The molecular weight excluding hydrogens is 560 g/mol. The van der Waals surface area contributed by atoms with E-state index in [9.17, 15) is 24.9 Å². The van der Waals surface area contributed by atoms with Crippen LogP contribution in [0.2, 0.25) is 0 Å². The van der Waals surface area contributed by atoms with Gasteiger partial charge in [0.25, 0.3) is 0 Å². The van der Waals surface area contributed by atoms with Gasteiger partial charge in [-0.1, -0.05) is 84.5 Å². The first-order valence-electron chi connectivity index (χ1n) is 17.0. The number of benzene rings is 1. The van der Waals surface area contributed by atoms with Crippen molar-refractivity contribution in [3.8, 4) is 11.5 Å². The highest BCUT2D eigenvalue weighted by atomic mass is 16.5. The van der Waals surface area contributed by atoms with Gasteiger partial charge < -0.3 is 35.0 Å². The number of carbonyl (C=O) groups excluding carboxylic acids is 2. The standard InChI is InChI=1S/C35H56N2O7/c1-4-6-8-10-11-12-13-14-15-17-30(40)37(19-16-9-7-5-2)28-23-27(35(42)36-18-20-38)31-26-21-25(24-39)22-29(43-3)33(26)44-34(31)32(28)41/h21-23,28,31-32,34,38-39,41H,4-20,24H2,1-3H3,(H,36,42). The normalized spacial score (nSPS) is 20.4. The summed E-state index contributed by atoms with van der Waals surface area (Å²) in [5.74, 6) is -0.180. The highest BCUT2D eigenvalue weighted by molar-refractivity contribution is 5.96. The quantitative estimate of drug-likeness (QED) is 0.141. The highest BCUT2D eigenvalue weighted by Gasteiger charge is 2.51. The average Bonchev–Trinajstić information content (AvgIpc) is 3.43. The van der Waals surface area contributed by atoms with Crippen LogP contribution in [0.25, 0.3) is 0 Å². The minimum Gasteiger partial charge on any atom is -0.493 e. The topological polar surface area (TPSA) is 129 Å². The Balaban J connectivity index is 1.84. The van der Waals surface area contributed by atoms with Crippen molar-refractivity contribution in [1.29, 1.82) is 0 Å². The Kier molecular flexibility index (Phi) is 15.5. The molecule has 4 atom stereocenters. The molecule has 0 radical (unpaired) electrons. The van der Waals surface area contributed by atoms with E-state index >= 15 is 0 Å². The third-order valence-electron chi connectivity index (χ3n) is 8.92. The lowest BCUT2D eigenvalue weighted by molar-refractivity contribution is -0.137. The van der Waals surface area contributed by atoms with Crippen molar-refractivity contribution in [2.45, 2.75) is 135 Å². The van der Waals surface area contributed by atoms with E-state index in [2.05, 4.69) is 19.2 Å². The van der Waals surface area contributed by atoms with Gasteiger partial charge >= 0.3 is 0 Å². The van der Waals surface area contributed by atoms with E-state index in [1.54, 1.807) is 23.1 Å². The molecule has 44 heavy (non-hydrogen) atoms. The van der Waals surface area contributed by atoms with Gasteiger partial charge in [0.2, 0.25) is 11.8 Å². The second-order valence-corrected chi connectivity index (χ2v) is 12.2. The van der Waals surface area contributed by atoms with E-state index in [0.717, 1.165) is 44.9 Å². The van der Waals surface area contributed by atoms with E-state index in [4.69, 9.17) is 9.47 Å². The lowest BCUT2D eigenvalue weighted by Crippen LogP contribution is -2.56. The Hall–Kier alpha value is -2.62. The van der Waals surface area contributed by atoms with Crippen LogP contribution in [0.1, 0.15) is 121 Å². The predicted octanol–water partition coefficient (Wildman–Crippen LogP) is 5.14. The Bertz CT molecular complexity index is 1080. The van der Waals surface area contributed by atoms with E-state index in [1.807, 2.05) is 0 Å². The van der Waals surface area contributed by atoms with Gasteiger partial charge in [-0.3, -0.25) is 9.59 Å². The third-order valence-corrected chi connectivity index (χ3v) is 8.92. The zero-order valence-electron chi connectivity index (χ0n) is 27.2. The van der Waals surface area contributed by atoms with E-state index in [-0.39, 0.29) is 31.6 Å². The van der Waals surface area contributed by atoms with E-state index in [1.165, 1.54) is 45.6 Å². The lowest BCUT2D eigenvalue weighted by Gasteiger charge is -2.41. The largest absolute Gasteiger partial charge is 0.493 e. The first-order valence-corrected chi connectivity index (χ1v) is 17.0. The molecule has 0 bridgehead atoms. The first kappa shape index (κ1) is 35.9. The molecule has 2 amide bonds. The number of aliphatic hydroxyl groups excluding tert-OH is 3. The summed E-state index contributed by atoms with van der Waals surface area (Å²) in [4.78, 5) is 29.0. The molecule has 1 heterocycles. The third kappa shape index (κ3) is 9.44. The summed E-state index contributed by atoms with van der Waals surface area (Å²) >= 11 is 0. The molecule has 0 saturated carbocycles. The summed E-state index contributed by atoms with van der Waals surface area (Å²) in [5.41, 5.74) is 1.63. The summed E-state index contributed by atoms with van der Waals surface area (Å²) in [6, 6.07) is 2.72. The molecule has 0 aromatic heterocycles. The van der Waals surface area contributed by atoms with Crippen molar-refractivity contribution in [3.63, 3.8) is 0 Å². The SMILES string of the molecule is CCCCCCCCCCCC(=O)N(CCCCCC)C1C=C(C(=O)NCCO)C2c3cc(CO)cc(OC)c3OC2C1O. The molecule has 2 aliphatic rings. The maximum Gasteiger partial charge on any atom is 0.247 e. The van der Waals surface area contributed by atoms with Crippen LogP contribution in [0.3, 0.4) is 0 Å². The zero-order chi connectivity index (χ0) is 31.9. The van der Waals surface area contributed by atoms with Gasteiger partial charge in [0.15, 0.2) is 11.5 Å². The molecule has 1 aliphatic heterocycles. The molecule has 0 spiro atoms. The molecule has 4 N–H and O–H groups in total. The van der Waals surface area contributed by atoms with Crippen molar-refractivity contribution in [3.05, 3.63) is 34.9 Å². The number of nitrogens with zero attached hydrogens (tertiary/aromatic N) is 1. The number of carbonyl (C=O) groups is 2. The van der Waals surface area contributed by atoms with Crippen LogP contribution in [0, 0.1) is 0 Å². The molecule has 0 fully saturated rings. The van der Waals surface area contributed by atoms with Crippen LogP contribution < -0.4 is 14.8 Å². The average molecular weight is 617 g/mol. The van der Waals surface area contributed by atoms with Gasteiger partial charge in [0.05, 0.1) is 32.3 Å². The lowest BCUT2D eigenvalue weighted by atomic mass is 9.77. The summed E-state index contributed by atoms with van der Waals surface area (Å²) in [6.07, 6.45) is 14.6. The second kappa shape index (κ2) is 19.0. The van der Waals surface area contributed by atoms with Gasteiger partial charge in [-0.15, -0.1) is 0 Å². The number of nitrogens with one attached hydrogen (secondary N) is 1. The number of ether oxygens (including phenoxy) is 2. The fraction of sp³-hybridized carbons (Fsp3) is 0.714. The number of rotatable bonds is 21. The molecule has 1 aliphatic carbocycles. The zero-order valence-corrected chi connectivity index (χ0v) is 27.2. The number of amides is 2. The Morgan fingerprint density at radius 1 is 0.932 bits per heavy atom. The number of aliphatic hydroxyl groups is 3. The maximum atomic E-state index is 13.8. The Morgan fingerprint density at radius 2 is 1.57 bits per heavy atom. The number of methoxy groups -OCH3 is 1. The van der Waals surface area contributed by atoms with Crippen LogP contribution in [0.5, 0.6) is 11.5 Å². The molecule has 4 unspecified atom stereocenters. The van der Waals surface area contributed by atoms with Gasteiger partial charge in [-0.05, 0) is 36.6 Å². The monoisotopic (exact) mass is 616 g/mol. The smallest absolute Gasteiger partial charge is 0.247 e. The highest BCUT2D eigenvalue weighted by Crippen LogP contribution is 2.51. The fourth-order valence-corrected chi connectivity index (χ4v) is 6.50. The van der Waals surface area contributed by atoms with Crippen molar-refractivity contribution in [2.75, 3.05) is 26.8 Å². The van der Waals surface area contributed by atoms with Gasteiger partial charge in [0.1, 0.15) is 12.2 Å². The molecule has 248 valence electrons. The molecule has 1 aromatic rings. The summed E-state index contributed by atoms with van der Waals surface area (Å²) < 4.78 is 11.9. The van der Waals surface area contributed by atoms with Gasteiger partial charge in [0, 0.05) is 30.6 Å². The van der Waals surface area contributed by atoms with E-state index < -0.39 is 24.2 Å².